The van der Waals surface area contributed by atoms with E-state index in [2.05, 4.69) is 0 Å². The number of phenols is 1. The van der Waals surface area contributed by atoms with Crippen molar-refractivity contribution >= 4 is 5.97 Å². The number of carboxylic acid groups (broad SMARTS) is 1. The SMILES string of the molecule is Cc1cc(O)c(F)c(C(CC(=O)O)C2CC2)c1. The fourth-order valence-corrected chi connectivity index (χ4v) is 2.26. The first-order valence-corrected chi connectivity index (χ1v) is 5.70. The third kappa shape index (κ3) is 2.57. The lowest BCUT2D eigenvalue weighted by Crippen LogP contribution is -2.10. The second-order valence-electron chi connectivity index (χ2n) is 4.73. The van der Waals surface area contributed by atoms with Gasteiger partial charge in [0, 0.05) is 5.92 Å². The topological polar surface area (TPSA) is 57.5 Å². The Bertz CT molecular complexity index is 452. The highest BCUT2D eigenvalue weighted by Gasteiger charge is 2.35. The lowest BCUT2D eigenvalue weighted by Gasteiger charge is -2.16. The van der Waals surface area contributed by atoms with Gasteiger partial charge in [-0.2, -0.15) is 0 Å². The maximum Gasteiger partial charge on any atom is 0.303 e. The molecule has 4 heteroatoms. The minimum atomic E-state index is -0.928. The van der Waals surface area contributed by atoms with Crippen LogP contribution >= 0.6 is 0 Å². The lowest BCUT2D eigenvalue weighted by molar-refractivity contribution is -0.137. The van der Waals surface area contributed by atoms with Crippen LogP contribution in [0.5, 0.6) is 5.75 Å². The van der Waals surface area contributed by atoms with Gasteiger partial charge < -0.3 is 10.2 Å². The van der Waals surface area contributed by atoms with Gasteiger partial charge in [0.1, 0.15) is 0 Å². The van der Waals surface area contributed by atoms with Gasteiger partial charge in [-0.1, -0.05) is 6.07 Å². The number of phenolic OH excluding ortho intramolecular Hbond substituents is 1. The fourth-order valence-electron chi connectivity index (χ4n) is 2.26. The summed E-state index contributed by atoms with van der Waals surface area (Å²) < 4.78 is 13.8. The predicted molar refractivity (Wildman–Crippen MR) is 60.5 cm³/mol. The van der Waals surface area contributed by atoms with Crippen LogP contribution < -0.4 is 0 Å². The van der Waals surface area contributed by atoms with Gasteiger partial charge in [0.05, 0.1) is 6.42 Å². The van der Waals surface area contributed by atoms with Gasteiger partial charge in [0.15, 0.2) is 11.6 Å². The third-order valence-corrected chi connectivity index (χ3v) is 3.21. The highest BCUT2D eigenvalue weighted by molar-refractivity contribution is 5.68. The fraction of sp³-hybridized carbons (Fsp3) is 0.462. The van der Waals surface area contributed by atoms with Crippen LogP contribution in [0.3, 0.4) is 0 Å². The number of aryl methyl sites for hydroxylation is 1. The second-order valence-corrected chi connectivity index (χ2v) is 4.73. The summed E-state index contributed by atoms with van der Waals surface area (Å²) in [5, 5.41) is 18.3. The van der Waals surface area contributed by atoms with Gasteiger partial charge in [-0.25, -0.2) is 4.39 Å². The Morgan fingerprint density at radius 3 is 2.71 bits per heavy atom. The molecule has 1 aliphatic rings. The standard InChI is InChI=1S/C13H15FO3/c1-7-4-10(13(14)11(15)5-7)9(6-12(16)17)8-2-3-8/h4-5,8-9,15H,2-3,6H2,1H3,(H,16,17). The van der Waals surface area contributed by atoms with Gasteiger partial charge >= 0.3 is 5.97 Å². The molecule has 0 aliphatic heterocycles. The normalized spacial score (nSPS) is 16.8. The monoisotopic (exact) mass is 238 g/mol. The van der Waals surface area contributed by atoms with E-state index < -0.39 is 17.5 Å². The van der Waals surface area contributed by atoms with Crippen molar-refractivity contribution in [2.75, 3.05) is 0 Å². The first kappa shape index (κ1) is 11.9. The first-order chi connectivity index (χ1) is 7.99. The van der Waals surface area contributed by atoms with Gasteiger partial charge in [-0.05, 0) is 42.9 Å². The Kier molecular flexibility index (Phi) is 3.05. The number of carbonyl (C=O) groups is 1. The van der Waals surface area contributed by atoms with Crippen molar-refractivity contribution in [2.24, 2.45) is 5.92 Å². The van der Waals surface area contributed by atoms with Crippen LogP contribution in [0.1, 0.15) is 36.3 Å². The molecular formula is C13H15FO3. The number of halogens is 1. The molecule has 1 aromatic carbocycles. The molecule has 3 nitrogen and oxygen atoms in total. The van der Waals surface area contributed by atoms with E-state index >= 15 is 0 Å². The lowest BCUT2D eigenvalue weighted by atomic mass is 9.89. The van der Waals surface area contributed by atoms with E-state index in [1.807, 2.05) is 0 Å². The number of rotatable bonds is 4. The van der Waals surface area contributed by atoms with Crippen LogP contribution in [0, 0.1) is 18.7 Å². The molecule has 0 radical (unpaired) electrons. The zero-order valence-corrected chi connectivity index (χ0v) is 9.61. The summed E-state index contributed by atoms with van der Waals surface area (Å²) in [6.07, 6.45) is 1.79. The Morgan fingerprint density at radius 1 is 1.53 bits per heavy atom. The molecule has 17 heavy (non-hydrogen) atoms. The minimum absolute atomic E-state index is 0.0789. The van der Waals surface area contributed by atoms with E-state index in [-0.39, 0.29) is 18.3 Å². The molecule has 0 aromatic heterocycles. The molecule has 1 aromatic rings. The van der Waals surface area contributed by atoms with Crippen molar-refractivity contribution in [1.29, 1.82) is 0 Å². The Morgan fingerprint density at radius 2 is 2.18 bits per heavy atom. The molecule has 0 saturated heterocycles. The van der Waals surface area contributed by atoms with Crippen LogP contribution in [-0.4, -0.2) is 16.2 Å². The zero-order valence-electron chi connectivity index (χ0n) is 9.61. The molecule has 92 valence electrons. The highest BCUT2D eigenvalue weighted by Crippen LogP contribution is 2.46. The number of hydrogen-bond donors (Lipinski definition) is 2. The molecule has 0 heterocycles. The molecule has 1 atom stereocenters. The van der Waals surface area contributed by atoms with Crippen LogP contribution in [0.15, 0.2) is 12.1 Å². The first-order valence-electron chi connectivity index (χ1n) is 5.70. The Balaban J connectivity index is 2.38. The summed E-state index contributed by atoms with van der Waals surface area (Å²) in [7, 11) is 0. The Labute approximate surface area is 98.9 Å². The largest absolute Gasteiger partial charge is 0.505 e. The van der Waals surface area contributed by atoms with Crippen molar-refractivity contribution in [3.05, 3.63) is 29.1 Å². The number of hydrogen-bond acceptors (Lipinski definition) is 2. The van der Waals surface area contributed by atoms with E-state index in [0.717, 1.165) is 18.4 Å². The van der Waals surface area contributed by atoms with Crippen molar-refractivity contribution in [1.82, 2.24) is 0 Å². The maximum atomic E-state index is 13.8. The molecule has 1 aliphatic carbocycles. The van der Waals surface area contributed by atoms with Crippen LogP contribution in [-0.2, 0) is 4.79 Å². The number of aromatic hydroxyl groups is 1. The van der Waals surface area contributed by atoms with Crippen molar-refractivity contribution in [3.63, 3.8) is 0 Å². The number of carboxylic acids is 1. The van der Waals surface area contributed by atoms with Gasteiger partial charge in [0.25, 0.3) is 0 Å². The quantitative estimate of drug-likeness (QED) is 0.848. The zero-order chi connectivity index (χ0) is 12.6. The van der Waals surface area contributed by atoms with Gasteiger partial charge in [0.2, 0.25) is 0 Å². The van der Waals surface area contributed by atoms with Crippen LogP contribution in [0.2, 0.25) is 0 Å². The van der Waals surface area contributed by atoms with Crippen molar-refractivity contribution < 1.29 is 19.4 Å². The third-order valence-electron chi connectivity index (χ3n) is 3.21. The van der Waals surface area contributed by atoms with Crippen LogP contribution in [0.4, 0.5) is 4.39 Å². The summed E-state index contributed by atoms with van der Waals surface area (Å²) in [5.41, 5.74) is 1.09. The van der Waals surface area contributed by atoms with E-state index in [0.29, 0.717) is 5.56 Å². The van der Waals surface area contributed by atoms with E-state index in [1.165, 1.54) is 6.07 Å². The second kappa shape index (κ2) is 4.35. The number of aliphatic carboxylic acids is 1. The Hall–Kier alpha value is -1.58. The maximum absolute atomic E-state index is 13.8. The number of benzene rings is 1. The summed E-state index contributed by atoms with van der Waals surface area (Å²) in [5.74, 6) is -2.08. The average molecular weight is 238 g/mol. The smallest absolute Gasteiger partial charge is 0.303 e. The molecular weight excluding hydrogens is 223 g/mol. The highest BCUT2D eigenvalue weighted by atomic mass is 19.1. The average Bonchev–Trinajstić information content (AvgIpc) is 3.03. The van der Waals surface area contributed by atoms with Gasteiger partial charge in [-0.15, -0.1) is 0 Å². The summed E-state index contributed by atoms with van der Waals surface area (Å²) in [4.78, 5) is 10.8. The molecule has 0 spiro atoms. The molecule has 0 amide bonds. The van der Waals surface area contributed by atoms with Crippen molar-refractivity contribution in [3.8, 4) is 5.75 Å². The van der Waals surface area contributed by atoms with E-state index in [1.54, 1.807) is 13.0 Å². The summed E-state index contributed by atoms with van der Waals surface area (Å²) in [6, 6.07) is 2.99. The predicted octanol–water partition coefficient (Wildman–Crippen LogP) is 2.81. The van der Waals surface area contributed by atoms with Crippen molar-refractivity contribution in [2.45, 2.75) is 32.1 Å². The molecule has 1 saturated carbocycles. The molecule has 2 rings (SSSR count). The van der Waals surface area contributed by atoms with Crippen LogP contribution in [0.25, 0.3) is 0 Å². The molecule has 2 N–H and O–H groups in total. The summed E-state index contributed by atoms with van der Waals surface area (Å²) in [6.45, 7) is 1.76. The molecule has 1 unspecified atom stereocenters. The summed E-state index contributed by atoms with van der Waals surface area (Å²) >= 11 is 0. The van der Waals surface area contributed by atoms with E-state index in [4.69, 9.17) is 5.11 Å². The van der Waals surface area contributed by atoms with Gasteiger partial charge in [-0.3, -0.25) is 4.79 Å². The minimum Gasteiger partial charge on any atom is -0.505 e. The molecule has 1 fully saturated rings. The van der Waals surface area contributed by atoms with E-state index in [9.17, 15) is 14.3 Å². The molecule has 0 bridgehead atoms.